The predicted molar refractivity (Wildman–Crippen MR) is 198 cm³/mol. The highest BCUT2D eigenvalue weighted by Crippen LogP contribution is 2.42. The number of ether oxygens (including phenoxy) is 8. The van der Waals surface area contributed by atoms with Crippen LogP contribution in [0.4, 0.5) is 0 Å². The fourth-order valence-electron chi connectivity index (χ4n) is 6.43. The molecule has 14 nitrogen and oxygen atoms in total. The van der Waals surface area contributed by atoms with E-state index in [1.165, 1.54) is 31.4 Å². The Morgan fingerprint density at radius 2 is 0.815 bits per heavy atom. The highest BCUT2D eigenvalue weighted by molar-refractivity contribution is 5.55. The maximum atomic E-state index is 10.1. The van der Waals surface area contributed by atoms with E-state index >= 15 is 0 Å². The average molecular weight is 755 g/mol. The van der Waals surface area contributed by atoms with E-state index in [9.17, 15) is 30.6 Å². The molecule has 294 valence electrons. The quantitative estimate of drug-likeness (QED) is 0.0415. The van der Waals surface area contributed by atoms with Crippen LogP contribution in [0.1, 0.15) is 35.1 Å². The van der Waals surface area contributed by atoms with Gasteiger partial charge in [0.05, 0.1) is 62.5 Å². The summed E-state index contributed by atoms with van der Waals surface area (Å²) in [5.41, 5.74) is 2.79. The van der Waals surface area contributed by atoms with Gasteiger partial charge in [-0.25, -0.2) is 0 Å². The average Bonchev–Trinajstić information content (AvgIpc) is 3.16. The van der Waals surface area contributed by atoms with Crippen molar-refractivity contribution < 1.29 is 68.5 Å². The second kappa shape index (κ2) is 19.5. The Morgan fingerprint density at radius 1 is 0.444 bits per heavy atom. The zero-order valence-corrected chi connectivity index (χ0v) is 31.4. The molecule has 0 bridgehead atoms. The summed E-state index contributed by atoms with van der Waals surface area (Å²) in [7, 11) is 9.31. The summed E-state index contributed by atoms with van der Waals surface area (Å²) in [6.45, 7) is 0.738. The monoisotopic (exact) mass is 754 g/mol. The smallest absolute Gasteiger partial charge is 0.203 e. The molecule has 0 saturated carbocycles. The molecule has 0 unspecified atom stereocenters. The Bertz CT molecular complexity index is 1750. The lowest BCUT2D eigenvalue weighted by atomic mass is 9.80. The van der Waals surface area contributed by atoms with Crippen LogP contribution < -0.4 is 28.4 Å². The number of phenols is 6. The van der Waals surface area contributed by atoms with Gasteiger partial charge < -0.3 is 68.5 Å². The first kappa shape index (κ1) is 41.2. The molecule has 0 spiro atoms. The lowest BCUT2D eigenvalue weighted by molar-refractivity contribution is 0.0578. The van der Waals surface area contributed by atoms with Crippen molar-refractivity contribution in [3.05, 3.63) is 70.8 Å². The van der Waals surface area contributed by atoms with Crippen LogP contribution in [0.3, 0.4) is 0 Å². The first-order chi connectivity index (χ1) is 26.0. The van der Waals surface area contributed by atoms with Gasteiger partial charge in [-0.15, -0.1) is 0 Å². The fourth-order valence-corrected chi connectivity index (χ4v) is 6.43. The van der Waals surface area contributed by atoms with Crippen LogP contribution in [-0.2, 0) is 35.5 Å². The van der Waals surface area contributed by atoms with Gasteiger partial charge >= 0.3 is 0 Å². The molecule has 0 aliphatic rings. The summed E-state index contributed by atoms with van der Waals surface area (Å²) in [5.74, 6) is -0.210. The van der Waals surface area contributed by atoms with E-state index in [-0.39, 0.29) is 31.7 Å². The first-order valence-corrected chi connectivity index (χ1v) is 17.2. The van der Waals surface area contributed by atoms with Crippen LogP contribution in [0.25, 0.3) is 0 Å². The zero-order chi connectivity index (χ0) is 39.4. The summed E-state index contributed by atoms with van der Waals surface area (Å²) in [6.07, 6.45) is 2.37. The molecule has 14 heteroatoms. The van der Waals surface area contributed by atoms with Gasteiger partial charge in [0.1, 0.15) is 0 Å². The number of hydrogen-bond donors (Lipinski definition) is 6. The maximum Gasteiger partial charge on any atom is 0.203 e. The third-order valence-electron chi connectivity index (χ3n) is 9.10. The van der Waals surface area contributed by atoms with Gasteiger partial charge in [0.15, 0.2) is 57.5 Å². The topological polar surface area (TPSA) is 195 Å². The standard InChI is InChI=1S/C40H50O14/c1-47-33-16-23(17-34(48-2)39(33)51-5)10-27(8-7-9-53-20-25-12-29(41)37(45)30(42)13-25)28(22-54-21-26-14-31(43)38(46)32(44)15-26)11-24-18-35(49-3)40(52-6)36(19-24)50-4/h12-19,27-28,41-46H,7-11,20-22H2,1-6H3/t27-,28+/m1/s1. The highest BCUT2D eigenvalue weighted by atomic mass is 16.5. The van der Waals surface area contributed by atoms with E-state index in [4.69, 9.17) is 37.9 Å². The van der Waals surface area contributed by atoms with Crippen molar-refractivity contribution in [1.82, 2.24) is 0 Å². The number of benzene rings is 4. The molecule has 4 aromatic rings. The molecule has 6 N–H and O–H groups in total. The fraction of sp³-hybridized carbons (Fsp3) is 0.400. The summed E-state index contributed by atoms with van der Waals surface area (Å²) in [5, 5.41) is 59.5. The number of methoxy groups -OCH3 is 6. The van der Waals surface area contributed by atoms with Crippen LogP contribution in [-0.4, -0.2) is 86.5 Å². The third-order valence-corrected chi connectivity index (χ3v) is 9.10. The Kier molecular flexibility index (Phi) is 14.8. The molecule has 4 rings (SSSR count). The van der Waals surface area contributed by atoms with E-state index in [1.807, 2.05) is 24.3 Å². The Labute approximate surface area is 314 Å². The molecule has 0 amide bonds. The third kappa shape index (κ3) is 10.3. The Balaban J connectivity index is 1.67. The lowest BCUT2D eigenvalue weighted by Crippen LogP contribution is -2.25. The van der Waals surface area contributed by atoms with E-state index in [0.717, 1.165) is 11.1 Å². The second-order valence-corrected chi connectivity index (χ2v) is 12.7. The van der Waals surface area contributed by atoms with Crippen molar-refractivity contribution in [2.45, 2.75) is 38.9 Å². The van der Waals surface area contributed by atoms with Crippen molar-refractivity contribution in [1.29, 1.82) is 0 Å². The van der Waals surface area contributed by atoms with Gasteiger partial charge in [-0.3, -0.25) is 0 Å². The highest BCUT2D eigenvalue weighted by Gasteiger charge is 2.26. The maximum absolute atomic E-state index is 10.1. The predicted octanol–water partition coefficient (Wildman–Crippen LogP) is 6.20. The molecule has 54 heavy (non-hydrogen) atoms. The zero-order valence-electron chi connectivity index (χ0n) is 31.4. The first-order valence-electron chi connectivity index (χ1n) is 17.2. The molecule has 2 atom stereocenters. The largest absolute Gasteiger partial charge is 0.504 e. The molecule has 0 aliphatic heterocycles. The Hall–Kier alpha value is -5.60. The minimum Gasteiger partial charge on any atom is -0.504 e. The van der Waals surface area contributed by atoms with Gasteiger partial charge in [-0.1, -0.05) is 0 Å². The normalized spacial score (nSPS) is 12.2. The minimum atomic E-state index is -0.606. The molecule has 0 fully saturated rings. The summed E-state index contributed by atoms with van der Waals surface area (Å²) in [4.78, 5) is 0. The molecular formula is C40H50O14. The molecule has 0 radical (unpaired) electrons. The number of rotatable bonds is 21. The van der Waals surface area contributed by atoms with E-state index in [1.54, 1.807) is 35.5 Å². The van der Waals surface area contributed by atoms with Crippen molar-refractivity contribution in [3.63, 3.8) is 0 Å². The molecule has 0 aromatic heterocycles. The summed E-state index contributed by atoms with van der Waals surface area (Å²) in [6, 6.07) is 12.9. The van der Waals surface area contributed by atoms with Crippen LogP contribution >= 0.6 is 0 Å². The minimum absolute atomic E-state index is 0.0412. The van der Waals surface area contributed by atoms with Gasteiger partial charge in [0.2, 0.25) is 11.5 Å². The van der Waals surface area contributed by atoms with Crippen LogP contribution in [0, 0.1) is 11.8 Å². The van der Waals surface area contributed by atoms with Gasteiger partial charge in [-0.05, 0) is 108 Å². The van der Waals surface area contributed by atoms with E-state index in [2.05, 4.69) is 0 Å². The van der Waals surface area contributed by atoms with Crippen molar-refractivity contribution in [2.75, 3.05) is 55.9 Å². The molecule has 0 aliphatic carbocycles. The number of hydrogen-bond acceptors (Lipinski definition) is 14. The van der Waals surface area contributed by atoms with Crippen molar-refractivity contribution in [3.8, 4) is 69.0 Å². The molecule has 0 heterocycles. The lowest BCUT2D eigenvalue weighted by Gasteiger charge is -2.29. The van der Waals surface area contributed by atoms with Gasteiger partial charge in [-0.2, -0.15) is 0 Å². The van der Waals surface area contributed by atoms with Crippen molar-refractivity contribution >= 4 is 0 Å². The summed E-state index contributed by atoms with van der Waals surface area (Å²) >= 11 is 0. The van der Waals surface area contributed by atoms with Gasteiger partial charge in [0, 0.05) is 6.61 Å². The molecular weight excluding hydrogens is 704 g/mol. The number of aromatic hydroxyl groups is 6. The van der Waals surface area contributed by atoms with Crippen LogP contribution in [0.15, 0.2) is 48.5 Å². The number of phenolic OH excluding ortho intramolecular Hbond substituents is 6. The second-order valence-electron chi connectivity index (χ2n) is 12.7. The van der Waals surface area contributed by atoms with Crippen LogP contribution in [0.5, 0.6) is 69.0 Å². The van der Waals surface area contributed by atoms with Gasteiger partial charge in [0.25, 0.3) is 0 Å². The van der Waals surface area contributed by atoms with Crippen LogP contribution in [0.2, 0.25) is 0 Å². The summed E-state index contributed by atoms with van der Waals surface area (Å²) < 4.78 is 45.9. The van der Waals surface area contributed by atoms with E-state index in [0.29, 0.717) is 77.9 Å². The molecule has 0 saturated heterocycles. The SMILES string of the molecule is COc1cc(C[C@@H](CCCOCc2cc(O)c(O)c(O)c2)[C@H](COCc2cc(O)c(O)c(O)c2)Cc2cc(OC)c(OC)c(OC)c2)cc(OC)c1OC. The Morgan fingerprint density at radius 3 is 1.19 bits per heavy atom. The van der Waals surface area contributed by atoms with Crippen molar-refractivity contribution in [2.24, 2.45) is 11.8 Å². The van der Waals surface area contributed by atoms with E-state index < -0.39 is 34.5 Å². The molecule has 4 aromatic carbocycles.